The molecule has 3 aromatic rings. The molecule has 0 unspecified atom stereocenters. The van der Waals surface area contributed by atoms with E-state index in [1.54, 1.807) is 6.07 Å². The second kappa shape index (κ2) is 11.9. The van der Waals surface area contributed by atoms with E-state index in [1.165, 1.54) is 60.7 Å². The van der Waals surface area contributed by atoms with Crippen molar-refractivity contribution in [2.45, 2.75) is 0 Å². The predicted molar refractivity (Wildman–Crippen MR) is 140 cm³/mol. The minimum Gasteiger partial charge on any atom is -0.482 e. The van der Waals surface area contributed by atoms with Crippen molar-refractivity contribution in [2.24, 2.45) is 0 Å². The van der Waals surface area contributed by atoms with Crippen LogP contribution in [0.3, 0.4) is 0 Å². The molecule has 0 bridgehead atoms. The van der Waals surface area contributed by atoms with Crippen molar-refractivity contribution in [1.29, 1.82) is 0 Å². The Morgan fingerprint density at radius 1 is 0.921 bits per heavy atom. The quantitative estimate of drug-likeness (QED) is 0.364. The fraction of sp³-hybridized carbons (Fsp3) is 0.0769. The second-order valence-electron chi connectivity index (χ2n) is 7.86. The molecule has 0 radical (unpaired) electrons. The molecular weight excluding hydrogens is 540 g/mol. The maximum Gasteiger partial charge on any atom is 0.294 e. The zero-order chi connectivity index (χ0) is 27.2. The second-order valence-corrected chi connectivity index (χ2v) is 9.26. The molecule has 12 heteroatoms. The summed E-state index contributed by atoms with van der Waals surface area (Å²) in [6.07, 6.45) is 1.44. The smallest absolute Gasteiger partial charge is 0.294 e. The zero-order valence-corrected chi connectivity index (χ0v) is 20.9. The van der Waals surface area contributed by atoms with Gasteiger partial charge in [-0.2, -0.15) is 0 Å². The highest BCUT2D eigenvalue weighted by molar-refractivity contribution is 8.18. The number of benzene rings is 3. The van der Waals surface area contributed by atoms with Gasteiger partial charge in [0.2, 0.25) is 5.91 Å². The van der Waals surface area contributed by atoms with Crippen LogP contribution < -0.4 is 15.4 Å². The predicted octanol–water partition coefficient (Wildman–Crippen LogP) is 5.31. The van der Waals surface area contributed by atoms with Crippen LogP contribution in [0.5, 0.6) is 5.75 Å². The SMILES string of the molecule is O=C(COc1ccc(/C=C2/SC(=O)N(CC(=O)Nc3cccc(F)c3)C2=O)cc1Cl)Nc1ccc(F)cc1. The molecule has 38 heavy (non-hydrogen) atoms. The third-order valence-electron chi connectivity index (χ3n) is 5.02. The van der Waals surface area contributed by atoms with Crippen LogP contribution >= 0.6 is 23.4 Å². The summed E-state index contributed by atoms with van der Waals surface area (Å²) in [6.45, 7) is -0.890. The molecule has 8 nitrogen and oxygen atoms in total. The van der Waals surface area contributed by atoms with Gasteiger partial charge in [-0.25, -0.2) is 8.78 Å². The third kappa shape index (κ3) is 6.96. The standard InChI is InChI=1S/C26H18ClF2N3O5S/c27-20-10-15(4-9-21(20)37-14-24(34)30-18-7-5-16(28)6-8-18)11-22-25(35)32(26(36)38-22)13-23(33)31-19-3-1-2-17(29)12-19/h1-12H,13-14H2,(H,30,34)(H,31,33)/b22-11+. The third-order valence-corrected chi connectivity index (χ3v) is 6.23. The van der Waals surface area contributed by atoms with Crippen LogP contribution in [-0.2, 0) is 14.4 Å². The minimum atomic E-state index is -0.664. The maximum atomic E-state index is 13.3. The first-order valence-corrected chi connectivity index (χ1v) is 12.2. The number of rotatable bonds is 8. The number of nitrogens with zero attached hydrogens (tertiary/aromatic N) is 1. The fourth-order valence-electron chi connectivity index (χ4n) is 3.30. The van der Waals surface area contributed by atoms with Crippen LogP contribution in [-0.4, -0.2) is 41.0 Å². The number of anilines is 2. The Bertz CT molecular complexity index is 1450. The minimum absolute atomic E-state index is 0.0805. The topological polar surface area (TPSA) is 105 Å². The number of ether oxygens (including phenoxy) is 1. The number of imide groups is 1. The van der Waals surface area contributed by atoms with Crippen LogP contribution in [0.15, 0.2) is 71.6 Å². The zero-order valence-electron chi connectivity index (χ0n) is 19.4. The fourth-order valence-corrected chi connectivity index (χ4v) is 4.38. The number of halogens is 3. The van der Waals surface area contributed by atoms with Gasteiger partial charge < -0.3 is 15.4 Å². The van der Waals surface area contributed by atoms with Crippen molar-refractivity contribution in [3.63, 3.8) is 0 Å². The lowest BCUT2D eigenvalue weighted by Crippen LogP contribution is -2.36. The Labute approximate surface area is 224 Å². The maximum absolute atomic E-state index is 13.3. The molecule has 4 amide bonds. The largest absolute Gasteiger partial charge is 0.482 e. The number of carbonyl (C=O) groups is 4. The number of thioether (sulfide) groups is 1. The van der Waals surface area contributed by atoms with Crippen molar-refractivity contribution in [1.82, 2.24) is 4.90 Å². The molecule has 0 aliphatic carbocycles. The first-order valence-electron chi connectivity index (χ1n) is 11.0. The molecule has 194 valence electrons. The van der Waals surface area contributed by atoms with E-state index >= 15 is 0 Å². The average Bonchev–Trinajstić information content (AvgIpc) is 3.12. The molecular formula is C26H18ClF2N3O5S. The van der Waals surface area contributed by atoms with E-state index in [2.05, 4.69) is 10.6 Å². The van der Waals surface area contributed by atoms with Gasteiger partial charge in [-0.1, -0.05) is 23.7 Å². The summed E-state index contributed by atoms with van der Waals surface area (Å²) in [5, 5.41) is 4.52. The highest BCUT2D eigenvalue weighted by atomic mass is 35.5. The molecule has 2 N–H and O–H groups in total. The highest BCUT2D eigenvalue weighted by Gasteiger charge is 2.36. The Balaban J connectivity index is 1.34. The van der Waals surface area contributed by atoms with Crippen molar-refractivity contribution in [3.8, 4) is 5.75 Å². The van der Waals surface area contributed by atoms with Crippen LogP contribution in [0.4, 0.5) is 25.0 Å². The van der Waals surface area contributed by atoms with E-state index < -0.39 is 41.1 Å². The number of hydrogen-bond donors (Lipinski definition) is 2. The van der Waals surface area contributed by atoms with Crippen molar-refractivity contribution >= 4 is 63.8 Å². The molecule has 1 fully saturated rings. The van der Waals surface area contributed by atoms with Gasteiger partial charge in [0.25, 0.3) is 17.1 Å². The van der Waals surface area contributed by atoms with E-state index in [1.807, 2.05) is 0 Å². The van der Waals surface area contributed by atoms with Gasteiger partial charge in [0.15, 0.2) is 6.61 Å². The number of amides is 4. The van der Waals surface area contributed by atoms with E-state index in [0.717, 1.165) is 11.0 Å². The summed E-state index contributed by atoms with van der Waals surface area (Å²) in [6, 6.07) is 15.0. The van der Waals surface area contributed by atoms with Crippen LogP contribution in [0.25, 0.3) is 6.08 Å². The number of hydrogen-bond acceptors (Lipinski definition) is 6. The van der Waals surface area contributed by atoms with Crippen molar-refractivity contribution in [3.05, 3.63) is 93.9 Å². The van der Waals surface area contributed by atoms with Crippen molar-refractivity contribution in [2.75, 3.05) is 23.8 Å². The van der Waals surface area contributed by atoms with E-state index in [9.17, 15) is 28.0 Å². The number of carbonyl (C=O) groups excluding carboxylic acids is 4. The summed E-state index contributed by atoms with van der Waals surface area (Å²) in [5.74, 6) is -2.56. The molecule has 1 heterocycles. The van der Waals surface area contributed by atoms with Gasteiger partial charge in [0, 0.05) is 11.4 Å². The summed E-state index contributed by atoms with van der Waals surface area (Å²) < 4.78 is 31.7. The van der Waals surface area contributed by atoms with Crippen LogP contribution in [0.1, 0.15) is 5.56 Å². The highest BCUT2D eigenvalue weighted by Crippen LogP contribution is 2.33. The van der Waals surface area contributed by atoms with E-state index in [-0.39, 0.29) is 28.0 Å². The van der Waals surface area contributed by atoms with E-state index in [0.29, 0.717) is 23.0 Å². The molecule has 4 rings (SSSR count). The molecule has 0 saturated carbocycles. The average molecular weight is 558 g/mol. The lowest BCUT2D eigenvalue weighted by Gasteiger charge is -2.12. The van der Waals surface area contributed by atoms with Gasteiger partial charge in [-0.05, 0) is 78.0 Å². The summed E-state index contributed by atoms with van der Waals surface area (Å²) in [5.41, 5.74) is 1.08. The summed E-state index contributed by atoms with van der Waals surface area (Å²) in [4.78, 5) is 50.2. The molecule has 1 saturated heterocycles. The lowest BCUT2D eigenvalue weighted by atomic mass is 10.2. The molecule has 0 atom stereocenters. The van der Waals surface area contributed by atoms with Gasteiger partial charge in [-0.15, -0.1) is 0 Å². The van der Waals surface area contributed by atoms with Gasteiger partial charge in [0.05, 0.1) is 9.93 Å². The first kappa shape index (κ1) is 26.8. The molecule has 1 aliphatic heterocycles. The summed E-state index contributed by atoms with van der Waals surface area (Å²) >= 11 is 6.91. The molecule has 3 aromatic carbocycles. The van der Waals surface area contributed by atoms with Crippen molar-refractivity contribution < 1.29 is 32.7 Å². The Kier molecular flexibility index (Phi) is 8.39. The Morgan fingerprint density at radius 3 is 2.37 bits per heavy atom. The van der Waals surface area contributed by atoms with Gasteiger partial charge in [0.1, 0.15) is 23.9 Å². The normalized spacial score (nSPS) is 14.1. The van der Waals surface area contributed by atoms with Gasteiger partial charge >= 0.3 is 0 Å². The molecule has 1 aliphatic rings. The molecule has 0 aromatic heterocycles. The first-order chi connectivity index (χ1) is 18.2. The lowest BCUT2D eigenvalue weighted by molar-refractivity contribution is -0.127. The Hall–Kier alpha value is -4.22. The monoisotopic (exact) mass is 557 g/mol. The van der Waals surface area contributed by atoms with Crippen LogP contribution in [0, 0.1) is 11.6 Å². The molecule has 0 spiro atoms. The van der Waals surface area contributed by atoms with E-state index in [4.69, 9.17) is 16.3 Å². The summed E-state index contributed by atoms with van der Waals surface area (Å²) in [7, 11) is 0. The Morgan fingerprint density at radius 2 is 1.66 bits per heavy atom. The number of nitrogens with one attached hydrogen (secondary N) is 2. The van der Waals surface area contributed by atoms with Gasteiger partial charge in [-0.3, -0.25) is 24.1 Å². The van der Waals surface area contributed by atoms with Crippen LogP contribution in [0.2, 0.25) is 5.02 Å².